The van der Waals surface area contributed by atoms with Crippen molar-refractivity contribution in [2.24, 2.45) is 5.92 Å². The molecule has 0 radical (unpaired) electrons. The fourth-order valence-electron chi connectivity index (χ4n) is 1.34. The van der Waals surface area contributed by atoms with Gasteiger partial charge in [-0.05, 0) is 12.3 Å². The summed E-state index contributed by atoms with van der Waals surface area (Å²) in [6, 6.07) is 0. The molecule has 1 aromatic rings. The van der Waals surface area contributed by atoms with Gasteiger partial charge in [0, 0.05) is 6.42 Å². The molecular weight excluding hydrogens is 194 g/mol. The molecule has 0 saturated carbocycles. The Kier molecular flexibility index (Phi) is 3.88. The van der Waals surface area contributed by atoms with Gasteiger partial charge in [0.05, 0.1) is 5.69 Å². The van der Waals surface area contributed by atoms with Crippen LogP contribution in [0.4, 0.5) is 0 Å². The lowest BCUT2D eigenvalue weighted by Crippen LogP contribution is -1.98. The predicted octanol–water partition coefficient (Wildman–Crippen LogP) is 2.52. The highest BCUT2D eigenvalue weighted by atomic mass is 16.4. The number of hydrogen-bond acceptors (Lipinski definition) is 3. The van der Waals surface area contributed by atoms with Gasteiger partial charge in [-0.25, -0.2) is 9.78 Å². The van der Waals surface area contributed by atoms with Crippen molar-refractivity contribution >= 4 is 5.97 Å². The maximum atomic E-state index is 10.8. The summed E-state index contributed by atoms with van der Waals surface area (Å²) in [6.45, 7) is 6.06. The van der Waals surface area contributed by atoms with Crippen LogP contribution in [-0.4, -0.2) is 16.1 Å². The first kappa shape index (κ1) is 11.8. The van der Waals surface area contributed by atoms with E-state index in [4.69, 9.17) is 9.52 Å². The molecule has 4 nitrogen and oxygen atoms in total. The summed E-state index contributed by atoms with van der Waals surface area (Å²) in [6.07, 6.45) is 2.33. The van der Waals surface area contributed by atoms with Gasteiger partial charge < -0.3 is 9.52 Å². The van der Waals surface area contributed by atoms with E-state index in [0.717, 1.165) is 6.42 Å². The highest BCUT2D eigenvalue weighted by molar-refractivity contribution is 5.85. The zero-order chi connectivity index (χ0) is 11.4. The van der Waals surface area contributed by atoms with E-state index >= 15 is 0 Å². The average Bonchev–Trinajstić information content (AvgIpc) is 2.60. The van der Waals surface area contributed by atoms with E-state index in [-0.39, 0.29) is 5.76 Å². The van der Waals surface area contributed by atoms with Gasteiger partial charge in [0.2, 0.25) is 5.76 Å². The highest BCUT2D eigenvalue weighted by Crippen LogP contribution is 2.16. The third kappa shape index (κ3) is 2.81. The van der Waals surface area contributed by atoms with Crippen LogP contribution in [0.1, 0.15) is 49.3 Å². The molecule has 0 saturated heterocycles. The first-order chi connectivity index (χ1) is 7.08. The molecule has 0 bridgehead atoms. The van der Waals surface area contributed by atoms with Gasteiger partial charge in [0.1, 0.15) is 0 Å². The SMILES string of the molecule is CCc1nc(CC(C)CC)oc1C(=O)O. The van der Waals surface area contributed by atoms with E-state index in [1.54, 1.807) is 0 Å². The van der Waals surface area contributed by atoms with Crippen LogP contribution in [0.3, 0.4) is 0 Å². The van der Waals surface area contributed by atoms with Crippen molar-refractivity contribution in [1.82, 2.24) is 4.98 Å². The third-order valence-corrected chi connectivity index (χ3v) is 2.49. The number of carbonyl (C=O) groups is 1. The van der Waals surface area contributed by atoms with Crippen LogP contribution in [0.15, 0.2) is 4.42 Å². The maximum Gasteiger partial charge on any atom is 0.373 e. The Morgan fingerprint density at radius 1 is 1.53 bits per heavy atom. The molecule has 1 unspecified atom stereocenters. The molecule has 1 rings (SSSR count). The fourth-order valence-corrected chi connectivity index (χ4v) is 1.34. The molecule has 4 heteroatoms. The third-order valence-electron chi connectivity index (χ3n) is 2.49. The second-order valence-corrected chi connectivity index (χ2v) is 3.76. The summed E-state index contributed by atoms with van der Waals surface area (Å²) >= 11 is 0. The molecule has 84 valence electrons. The molecule has 1 heterocycles. The standard InChI is InChI=1S/C11H17NO3/c1-4-7(3)6-9-12-8(5-2)10(15-9)11(13)14/h7H,4-6H2,1-3H3,(H,13,14). The number of aromatic carboxylic acids is 1. The summed E-state index contributed by atoms with van der Waals surface area (Å²) in [5, 5.41) is 8.87. The van der Waals surface area contributed by atoms with Crippen molar-refractivity contribution in [3.63, 3.8) is 0 Å². The van der Waals surface area contributed by atoms with E-state index < -0.39 is 5.97 Å². The first-order valence-corrected chi connectivity index (χ1v) is 5.30. The van der Waals surface area contributed by atoms with Gasteiger partial charge in [-0.15, -0.1) is 0 Å². The Bertz CT molecular complexity index is 344. The van der Waals surface area contributed by atoms with Crippen LogP contribution in [0.25, 0.3) is 0 Å². The zero-order valence-corrected chi connectivity index (χ0v) is 9.41. The Morgan fingerprint density at radius 3 is 2.60 bits per heavy atom. The van der Waals surface area contributed by atoms with Crippen molar-refractivity contribution < 1.29 is 14.3 Å². The predicted molar refractivity (Wildman–Crippen MR) is 56.0 cm³/mol. The lowest BCUT2D eigenvalue weighted by molar-refractivity contribution is 0.0658. The van der Waals surface area contributed by atoms with Gasteiger partial charge >= 0.3 is 5.97 Å². The number of oxazole rings is 1. The second kappa shape index (κ2) is 4.96. The zero-order valence-electron chi connectivity index (χ0n) is 9.41. The molecule has 1 N–H and O–H groups in total. The van der Waals surface area contributed by atoms with E-state index in [1.165, 1.54) is 0 Å². The maximum absolute atomic E-state index is 10.8. The molecule has 0 aliphatic carbocycles. The Balaban J connectivity index is 2.87. The van der Waals surface area contributed by atoms with Crippen molar-refractivity contribution in [2.45, 2.75) is 40.0 Å². The molecule has 15 heavy (non-hydrogen) atoms. The molecule has 1 atom stereocenters. The van der Waals surface area contributed by atoms with Crippen molar-refractivity contribution in [3.05, 3.63) is 17.3 Å². The van der Waals surface area contributed by atoms with Gasteiger partial charge in [-0.3, -0.25) is 0 Å². The molecular formula is C11H17NO3. The normalized spacial score (nSPS) is 12.7. The van der Waals surface area contributed by atoms with Gasteiger partial charge in [-0.2, -0.15) is 0 Å². The number of carboxylic acids is 1. The van der Waals surface area contributed by atoms with Crippen molar-refractivity contribution in [1.29, 1.82) is 0 Å². The molecule has 0 aliphatic heterocycles. The monoisotopic (exact) mass is 211 g/mol. The first-order valence-electron chi connectivity index (χ1n) is 5.30. The van der Waals surface area contributed by atoms with E-state index in [9.17, 15) is 4.79 Å². The summed E-state index contributed by atoms with van der Waals surface area (Å²) in [5.41, 5.74) is 0.542. The van der Waals surface area contributed by atoms with Crippen molar-refractivity contribution in [2.75, 3.05) is 0 Å². The minimum absolute atomic E-state index is 0.00389. The van der Waals surface area contributed by atoms with Gasteiger partial charge in [-0.1, -0.05) is 27.2 Å². The number of hydrogen-bond donors (Lipinski definition) is 1. The minimum Gasteiger partial charge on any atom is -0.475 e. The fraction of sp³-hybridized carbons (Fsp3) is 0.636. The number of aromatic nitrogens is 1. The topological polar surface area (TPSA) is 63.3 Å². The molecule has 0 aliphatic rings. The van der Waals surface area contributed by atoms with E-state index in [0.29, 0.717) is 30.3 Å². The number of carboxylic acid groups (broad SMARTS) is 1. The molecule has 0 amide bonds. The largest absolute Gasteiger partial charge is 0.475 e. The number of aryl methyl sites for hydroxylation is 1. The quantitative estimate of drug-likeness (QED) is 0.812. The smallest absolute Gasteiger partial charge is 0.373 e. The number of rotatable bonds is 5. The summed E-state index contributed by atoms with van der Waals surface area (Å²) in [4.78, 5) is 15.0. The summed E-state index contributed by atoms with van der Waals surface area (Å²) in [5.74, 6) is -0.0286. The van der Waals surface area contributed by atoms with Crippen LogP contribution in [0, 0.1) is 5.92 Å². The van der Waals surface area contributed by atoms with Crippen molar-refractivity contribution in [3.8, 4) is 0 Å². The molecule has 0 aromatic carbocycles. The number of nitrogens with zero attached hydrogens (tertiary/aromatic N) is 1. The minimum atomic E-state index is -1.03. The summed E-state index contributed by atoms with van der Waals surface area (Å²) < 4.78 is 5.23. The van der Waals surface area contributed by atoms with E-state index in [2.05, 4.69) is 18.8 Å². The van der Waals surface area contributed by atoms with Crippen LogP contribution in [0.2, 0.25) is 0 Å². The van der Waals surface area contributed by atoms with Crippen LogP contribution in [-0.2, 0) is 12.8 Å². The Morgan fingerprint density at radius 2 is 2.20 bits per heavy atom. The van der Waals surface area contributed by atoms with Gasteiger partial charge in [0.15, 0.2) is 5.89 Å². The summed E-state index contributed by atoms with van der Waals surface area (Å²) in [7, 11) is 0. The lowest BCUT2D eigenvalue weighted by Gasteiger charge is -2.02. The van der Waals surface area contributed by atoms with Crippen LogP contribution < -0.4 is 0 Å². The molecule has 0 fully saturated rings. The highest BCUT2D eigenvalue weighted by Gasteiger charge is 2.18. The van der Waals surface area contributed by atoms with E-state index in [1.807, 2.05) is 6.92 Å². The van der Waals surface area contributed by atoms with Gasteiger partial charge in [0.25, 0.3) is 0 Å². The molecule has 1 aromatic heterocycles. The van der Waals surface area contributed by atoms with Crippen LogP contribution >= 0.6 is 0 Å². The Hall–Kier alpha value is -1.32. The Labute approximate surface area is 89.3 Å². The molecule has 0 spiro atoms. The second-order valence-electron chi connectivity index (χ2n) is 3.76. The average molecular weight is 211 g/mol. The lowest BCUT2D eigenvalue weighted by atomic mass is 10.1. The van der Waals surface area contributed by atoms with Crippen LogP contribution in [0.5, 0.6) is 0 Å².